The van der Waals surface area contributed by atoms with Gasteiger partial charge in [-0.05, 0) is 81.8 Å². The van der Waals surface area contributed by atoms with Crippen molar-refractivity contribution >= 4 is 6.03 Å². The van der Waals surface area contributed by atoms with Crippen molar-refractivity contribution in [3.05, 3.63) is 53.2 Å². The molecule has 41 heavy (non-hydrogen) atoms. The first kappa shape index (κ1) is 31.9. The third kappa shape index (κ3) is 7.77. The smallest absolute Gasteiger partial charge is 0.345 e. The van der Waals surface area contributed by atoms with Gasteiger partial charge in [-0.25, -0.2) is 9.86 Å². The predicted octanol–water partition coefficient (Wildman–Crippen LogP) is 6.36. The number of urea groups is 1. The van der Waals surface area contributed by atoms with Crippen LogP contribution in [0.1, 0.15) is 75.9 Å². The van der Waals surface area contributed by atoms with Crippen LogP contribution in [0.3, 0.4) is 0 Å². The second-order valence-electron chi connectivity index (χ2n) is 10.7. The largest absolute Gasteiger partial charge is 0.493 e. The van der Waals surface area contributed by atoms with Gasteiger partial charge in [-0.2, -0.15) is 0 Å². The number of rotatable bonds is 12. The fourth-order valence-electron chi connectivity index (χ4n) is 4.64. The number of hydrogen-bond donors (Lipinski definition) is 2. The molecular weight excluding hydrogens is 528 g/mol. The maximum absolute atomic E-state index is 12.2. The Kier molecular flexibility index (Phi) is 11.1. The number of carbonyl (C=O) groups excluding carboxylic acids is 1. The van der Waals surface area contributed by atoms with Gasteiger partial charge >= 0.3 is 6.03 Å². The summed E-state index contributed by atoms with van der Waals surface area (Å²) in [6.45, 7) is 7.80. The van der Waals surface area contributed by atoms with Gasteiger partial charge in [-0.3, -0.25) is 5.21 Å². The summed E-state index contributed by atoms with van der Waals surface area (Å²) in [5.41, 5.74) is 2.10. The highest BCUT2D eigenvalue weighted by Gasteiger charge is 2.31. The fourth-order valence-corrected chi connectivity index (χ4v) is 4.64. The lowest BCUT2D eigenvalue weighted by atomic mass is 9.99. The number of nitrogens with zero attached hydrogens (tertiary/aromatic N) is 1. The standard InChI is InChI=1S/C31H44N2O8/c1-9-15-40-28-20(11-10-14-32-30(34)33(35)31(2,3)4)16-21(17-25(28)36-5)23-12-13-24(41-23)22-18-26(37-6)29(39-8)27(19-22)38-7/h10,14,16-19,23-24,35H,9,11-13,15H2,1-8H3,(H,32,34). The van der Waals surface area contributed by atoms with E-state index in [-0.39, 0.29) is 12.2 Å². The summed E-state index contributed by atoms with van der Waals surface area (Å²) in [7, 11) is 6.39. The Morgan fingerprint density at radius 2 is 1.49 bits per heavy atom. The molecule has 0 aromatic heterocycles. The SMILES string of the molecule is CCCOc1c(CC=CNC(=O)N(O)C(C)(C)C)cc(C2CCC(c3cc(OC)c(OC)c(OC)c3)O2)cc1OC. The van der Waals surface area contributed by atoms with E-state index in [0.29, 0.717) is 46.8 Å². The average molecular weight is 573 g/mol. The van der Waals surface area contributed by atoms with Crippen LogP contribution in [0.5, 0.6) is 28.7 Å². The summed E-state index contributed by atoms with van der Waals surface area (Å²) in [6.07, 6.45) is 5.94. The summed E-state index contributed by atoms with van der Waals surface area (Å²) >= 11 is 0. The fraction of sp³-hybridized carbons (Fsp3) is 0.516. The van der Waals surface area contributed by atoms with Gasteiger partial charge in [-0.15, -0.1) is 0 Å². The van der Waals surface area contributed by atoms with Gasteiger partial charge in [0.2, 0.25) is 5.75 Å². The number of hydroxylamine groups is 2. The molecule has 2 amide bonds. The van der Waals surface area contributed by atoms with E-state index in [4.69, 9.17) is 28.4 Å². The van der Waals surface area contributed by atoms with E-state index >= 15 is 0 Å². The number of allylic oxidation sites excluding steroid dienone is 1. The van der Waals surface area contributed by atoms with Gasteiger partial charge in [0.1, 0.15) is 0 Å². The summed E-state index contributed by atoms with van der Waals surface area (Å²) in [5.74, 6) is 2.99. The van der Waals surface area contributed by atoms with Gasteiger partial charge < -0.3 is 33.7 Å². The summed E-state index contributed by atoms with van der Waals surface area (Å²) in [4.78, 5) is 12.2. The van der Waals surface area contributed by atoms with Crippen LogP contribution in [0.15, 0.2) is 36.5 Å². The van der Waals surface area contributed by atoms with Crippen molar-refractivity contribution in [3.8, 4) is 28.7 Å². The highest BCUT2D eigenvalue weighted by atomic mass is 16.5. The molecule has 10 nitrogen and oxygen atoms in total. The van der Waals surface area contributed by atoms with Crippen LogP contribution in [0.25, 0.3) is 0 Å². The number of methoxy groups -OCH3 is 4. The monoisotopic (exact) mass is 572 g/mol. The molecule has 2 aromatic carbocycles. The second kappa shape index (κ2) is 14.3. The van der Waals surface area contributed by atoms with E-state index in [1.807, 2.05) is 25.1 Å². The predicted molar refractivity (Wildman–Crippen MR) is 155 cm³/mol. The van der Waals surface area contributed by atoms with Crippen molar-refractivity contribution < 1.29 is 38.4 Å². The van der Waals surface area contributed by atoms with E-state index in [1.54, 1.807) is 55.3 Å². The molecule has 0 radical (unpaired) electrons. The van der Waals surface area contributed by atoms with Gasteiger partial charge in [0.05, 0.1) is 52.8 Å². The lowest BCUT2D eigenvalue weighted by molar-refractivity contribution is -0.106. The number of hydrogen-bond acceptors (Lipinski definition) is 8. The molecule has 0 spiro atoms. The molecule has 2 aromatic rings. The zero-order valence-electron chi connectivity index (χ0n) is 25.4. The van der Waals surface area contributed by atoms with Crippen LogP contribution < -0.4 is 29.0 Å². The van der Waals surface area contributed by atoms with E-state index < -0.39 is 11.6 Å². The minimum atomic E-state index is -0.720. The maximum atomic E-state index is 12.2. The zero-order chi connectivity index (χ0) is 30.2. The molecule has 0 saturated carbocycles. The minimum Gasteiger partial charge on any atom is -0.493 e. The van der Waals surface area contributed by atoms with Crippen molar-refractivity contribution in [1.29, 1.82) is 0 Å². The summed E-state index contributed by atoms with van der Waals surface area (Å²) in [5, 5.41) is 13.3. The molecule has 2 N–H and O–H groups in total. The molecule has 2 atom stereocenters. The number of amides is 2. The van der Waals surface area contributed by atoms with E-state index in [1.165, 1.54) is 6.20 Å². The first-order valence-corrected chi connectivity index (χ1v) is 13.8. The van der Waals surface area contributed by atoms with Gasteiger partial charge in [0, 0.05) is 11.8 Å². The highest BCUT2D eigenvalue weighted by molar-refractivity contribution is 5.74. The van der Waals surface area contributed by atoms with Crippen molar-refractivity contribution in [2.75, 3.05) is 35.0 Å². The van der Waals surface area contributed by atoms with E-state index in [0.717, 1.165) is 36.0 Å². The van der Waals surface area contributed by atoms with E-state index in [9.17, 15) is 10.0 Å². The Balaban J connectivity index is 1.85. The Labute approximate surface area is 243 Å². The zero-order valence-corrected chi connectivity index (χ0v) is 25.4. The highest BCUT2D eigenvalue weighted by Crippen LogP contribution is 2.47. The number of carbonyl (C=O) groups is 1. The van der Waals surface area contributed by atoms with Crippen molar-refractivity contribution in [2.24, 2.45) is 0 Å². The second-order valence-corrected chi connectivity index (χ2v) is 10.7. The van der Waals surface area contributed by atoms with Crippen molar-refractivity contribution in [2.45, 2.75) is 71.1 Å². The van der Waals surface area contributed by atoms with Gasteiger partial charge in [0.15, 0.2) is 23.0 Å². The van der Waals surface area contributed by atoms with Crippen molar-refractivity contribution in [1.82, 2.24) is 10.4 Å². The third-order valence-corrected chi connectivity index (χ3v) is 6.76. The average Bonchev–Trinajstić information content (AvgIpc) is 3.46. The van der Waals surface area contributed by atoms with Crippen molar-refractivity contribution in [3.63, 3.8) is 0 Å². The minimum absolute atomic E-state index is 0.154. The summed E-state index contributed by atoms with van der Waals surface area (Å²) in [6, 6.07) is 7.27. The first-order valence-electron chi connectivity index (χ1n) is 13.8. The molecule has 0 aliphatic carbocycles. The molecule has 1 fully saturated rings. The molecule has 1 heterocycles. The number of benzene rings is 2. The van der Waals surface area contributed by atoms with Crippen LogP contribution in [0.4, 0.5) is 4.79 Å². The number of ether oxygens (including phenoxy) is 6. The summed E-state index contributed by atoms with van der Waals surface area (Å²) < 4.78 is 34.9. The quantitative estimate of drug-likeness (QED) is 0.224. The third-order valence-electron chi connectivity index (χ3n) is 6.76. The van der Waals surface area contributed by atoms with Gasteiger partial charge in [-0.1, -0.05) is 13.0 Å². The molecule has 1 aliphatic heterocycles. The van der Waals surface area contributed by atoms with Crippen LogP contribution in [0, 0.1) is 0 Å². The van der Waals surface area contributed by atoms with Crippen LogP contribution in [-0.2, 0) is 11.2 Å². The molecular formula is C31H44N2O8. The molecule has 1 aliphatic rings. The molecule has 1 saturated heterocycles. The normalized spacial score (nSPS) is 16.9. The molecule has 10 heteroatoms. The molecule has 3 rings (SSSR count). The molecule has 226 valence electrons. The van der Waals surface area contributed by atoms with E-state index in [2.05, 4.69) is 11.4 Å². The lowest BCUT2D eigenvalue weighted by Crippen LogP contribution is -2.46. The Hall–Kier alpha value is -3.63. The molecule has 0 bridgehead atoms. The topological polar surface area (TPSA) is 108 Å². The first-order chi connectivity index (χ1) is 19.6. The van der Waals surface area contributed by atoms with Crippen LogP contribution in [0.2, 0.25) is 0 Å². The van der Waals surface area contributed by atoms with Gasteiger partial charge in [0.25, 0.3) is 0 Å². The molecule has 2 unspecified atom stereocenters. The maximum Gasteiger partial charge on any atom is 0.345 e. The Bertz CT molecular complexity index is 1180. The van der Waals surface area contributed by atoms with Crippen LogP contribution >= 0.6 is 0 Å². The van der Waals surface area contributed by atoms with Crippen LogP contribution in [-0.4, -0.2) is 56.9 Å². The number of nitrogens with one attached hydrogen (secondary N) is 1. The Morgan fingerprint density at radius 3 is 1.98 bits per heavy atom. The lowest BCUT2D eigenvalue weighted by Gasteiger charge is -2.28. The Morgan fingerprint density at radius 1 is 0.951 bits per heavy atom.